The van der Waals surface area contributed by atoms with Crippen molar-refractivity contribution in [1.82, 2.24) is 30.1 Å². The number of carbonyl (C=O) groups is 5. The molecule has 3 aromatic carbocycles. The van der Waals surface area contributed by atoms with Crippen molar-refractivity contribution in [3.05, 3.63) is 83.3 Å². The third kappa shape index (κ3) is 9.33. The standard InChI is InChI=1S/C42H47ClN10O7/c1-24(38(55)46-31-10-7-9-30-29(31)21-33(45-30)41(58)60-42(2,3)4)28-8-6-11-35(52-19-18-51(22-36(52)54)26-13-15-27(59-5)16-14-26)37(28)48-40(57)39(56)47-32-20-25(43)12-17-34(32)53-23-44-49-50-53/h6-12,17,20-21,23-24,26-27,45H,13-16,18-19,22H2,1-5H3,(H,46,55)(H,47,56)(H,48,57)/t24-,26?,27?/m0/s1. The van der Waals surface area contributed by atoms with Gasteiger partial charge >= 0.3 is 17.8 Å². The number of amides is 4. The van der Waals surface area contributed by atoms with Crippen molar-refractivity contribution in [2.45, 2.75) is 77.0 Å². The highest BCUT2D eigenvalue weighted by Gasteiger charge is 2.35. The summed E-state index contributed by atoms with van der Waals surface area (Å²) in [5, 5.41) is 20.4. The predicted octanol–water partition coefficient (Wildman–Crippen LogP) is 5.68. The maximum absolute atomic E-state index is 14.2. The summed E-state index contributed by atoms with van der Waals surface area (Å²) in [5.41, 5.74) is 1.89. The Balaban J connectivity index is 1.17. The largest absolute Gasteiger partial charge is 0.455 e. The number of aromatic amines is 1. The maximum Gasteiger partial charge on any atom is 0.355 e. The SMILES string of the molecule is COC1CCC(N2CCN(c3cccc([C@H](C)C(=O)Nc4cccc5[nH]c(C(=O)OC(C)(C)C)cc45)c3NC(=O)C(=O)Nc3cc(Cl)ccc3-n3cnnn3)C(=O)C2)CC1. The van der Waals surface area contributed by atoms with E-state index < -0.39 is 35.2 Å². The van der Waals surface area contributed by atoms with Crippen molar-refractivity contribution in [3.63, 3.8) is 0 Å². The Labute approximate surface area is 351 Å². The van der Waals surface area contributed by atoms with Gasteiger partial charge in [0.2, 0.25) is 11.8 Å². The van der Waals surface area contributed by atoms with Gasteiger partial charge in [0.05, 0.1) is 47.0 Å². The van der Waals surface area contributed by atoms with Crippen molar-refractivity contribution in [3.8, 4) is 5.69 Å². The van der Waals surface area contributed by atoms with Crippen molar-refractivity contribution in [2.75, 3.05) is 47.6 Å². The second kappa shape index (κ2) is 17.6. The minimum absolute atomic E-state index is 0.126. The highest BCUT2D eigenvalue weighted by Crippen LogP contribution is 2.37. The number of methoxy groups -OCH3 is 1. The summed E-state index contributed by atoms with van der Waals surface area (Å²) in [7, 11) is 1.73. The molecule has 1 saturated carbocycles. The van der Waals surface area contributed by atoms with E-state index in [2.05, 4.69) is 41.4 Å². The number of tetrazole rings is 1. The number of carbonyl (C=O) groups excluding carboxylic acids is 5. The predicted molar refractivity (Wildman–Crippen MR) is 225 cm³/mol. The van der Waals surface area contributed by atoms with Gasteiger partial charge in [-0.1, -0.05) is 29.8 Å². The first-order chi connectivity index (χ1) is 28.7. The van der Waals surface area contributed by atoms with Gasteiger partial charge in [0, 0.05) is 42.2 Å². The number of hydrogen-bond donors (Lipinski definition) is 4. The molecule has 1 aliphatic heterocycles. The molecule has 0 bridgehead atoms. The zero-order valence-corrected chi connectivity index (χ0v) is 34.7. The summed E-state index contributed by atoms with van der Waals surface area (Å²) in [6.45, 7) is 8.05. The summed E-state index contributed by atoms with van der Waals surface area (Å²) in [6, 6.07) is 16.8. The number of aromatic nitrogens is 5. The molecule has 1 saturated heterocycles. The van der Waals surface area contributed by atoms with E-state index in [0.29, 0.717) is 46.6 Å². The number of H-pyrrole nitrogens is 1. The van der Waals surface area contributed by atoms with Crippen LogP contribution in [0.25, 0.3) is 16.6 Å². The zero-order chi connectivity index (χ0) is 42.7. The number of nitrogens with one attached hydrogen (secondary N) is 4. The lowest BCUT2D eigenvalue weighted by atomic mass is 9.91. The number of para-hydroxylation sites is 1. The Morgan fingerprint density at radius 1 is 0.900 bits per heavy atom. The van der Waals surface area contributed by atoms with Crippen LogP contribution in [0.1, 0.15) is 75.3 Å². The second-order valence-corrected chi connectivity index (χ2v) is 16.3. The third-order valence-corrected chi connectivity index (χ3v) is 11.0. The number of esters is 1. The van der Waals surface area contributed by atoms with Crippen LogP contribution in [-0.4, -0.2) is 104 Å². The molecule has 0 unspecified atom stereocenters. The molecule has 18 heteroatoms. The van der Waals surface area contributed by atoms with E-state index in [1.54, 1.807) is 94.3 Å². The smallest absolute Gasteiger partial charge is 0.355 e. The molecule has 314 valence electrons. The second-order valence-electron chi connectivity index (χ2n) is 15.9. The van der Waals surface area contributed by atoms with Crippen molar-refractivity contribution in [1.29, 1.82) is 0 Å². The molecule has 1 aliphatic carbocycles. The van der Waals surface area contributed by atoms with Gasteiger partial charge in [-0.05, 0) is 112 Å². The molecular formula is C42H47ClN10O7. The highest BCUT2D eigenvalue weighted by molar-refractivity contribution is 6.44. The van der Waals surface area contributed by atoms with Crippen LogP contribution in [-0.2, 0) is 28.7 Å². The van der Waals surface area contributed by atoms with E-state index in [1.165, 1.54) is 17.1 Å². The van der Waals surface area contributed by atoms with Crippen LogP contribution in [0.15, 0.2) is 67.0 Å². The van der Waals surface area contributed by atoms with Crippen molar-refractivity contribution in [2.24, 2.45) is 0 Å². The van der Waals surface area contributed by atoms with Gasteiger partial charge in [0.1, 0.15) is 17.6 Å². The Morgan fingerprint density at radius 2 is 1.65 bits per heavy atom. The molecule has 17 nitrogen and oxygen atoms in total. The van der Waals surface area contributed by atoms with E-state index >= 15 is 0 Å². The van der Waals surface area contributed by atoms with Gasteiger partial charge in [-0.15, -0.1) is 5.10 Å². The quantitative estimate of drug-likeness (QED) is 0.0995. The fourth-order valence-electron chi connectivity index (χ4n) is 7.70. The highest BCUT2D eigenvalue weighted by atomic mass is 35.5. The fourth-order valence-corrected chi connectivity index (χ4v) is 7.87. The average molecular weight is 839 g/mol. The van der Waals surface area contributed by atoms with Gasteiger partial charge in [-0.2, -0.15) is 4.68 Å². The molecule has 2 fully saturated rings. The molecule has 7 rings (SSSR count). The molecule has 0 radical (unpaired) electrons. The fraction of sp³-hybridized carbons (Fsp3) is 0.381. The van der Waals surface area contributed by atoms with Gasteiger partial charge in [0.15, 0.2) is 0 Å². The molecule has 5 aromatic rings. The lowest BCUT2D eigenvalue weighted by molar-refractivity contribution is -0.133. The van der Waals surface area contributed by atoms with Crippen LogP contribution in [0, 0.1) is 0 Å². The van der Waals surface area contributed by atoms with Crippen LogP contribution in [0.2, 0.25) is 5.02 Å². The molecule has 1 atom stereocenters. The number of piperazine rings is 1. The number of rotatable bonds is 10. The Morgan fingerprint density at radius 3 is 2.35 bits per heavy atom. The molecule has 0 spiro atoms. The van der Waals surface area contributed by atoms with E-state index in [0.717, 1.165) is 25.7 Å². The van der Waals surface area contributed by atoms with Gasteiger partial charge in [-0.3, -0.25) is 24.1 Å². The molecule has 4 N–H and O–H groups in total. The molecule has 3 heterocycles. The zero-order valence-electron chi connectivity index (χ0n) is 34.0. The number of anilines is 4. The topological polar surface area (TPSA) is 206 Å². The van der Waals surface area contributed by atoms with Crippen molar-refractivity contribution < 1.29 is 33.4 Å². The van der Waals surface area contributed by atoms with Crippen LogP contribution in [0.3, 0.4) is 0 Å². The summed E-state index contributed by atoms with van der Waals surface area (Å²) in [5.74, 6) is -4.21. The number of fused-ring (bicyclic) bond motifs is 1. The van der Waals surface area contributed by atoms with Gasteiger partial charge < -0.3 is 35.3 Å². The normalized spacial score (nSPS) is 17.9. The molecule has 2 aromatic heterocycles. The summed E-state index contributed by atoms with van der Waals surface area (Å²) in [6.07, 6.45) is 5.23. The lowest BCUT2D eigenvalue weighted by Gasteiger charge is -2.41. The molecule has 2 aliphatic rings. The Hall–Kier alpha value is -6.17. The van der Waals surface area contributed by atoms with Crippen LogP contribution in [0.5, 0.6) is 0 Å². The minimum Gasteiger partial charge on any atom is -0.455 e. The number of nitrogens with zero attached hydrogens (tertiary/aromatic N) is 6. The first kappa shape index (κ1) is 42.0. The van der Waals surface area contributed by atoms with Crippen LogP contribution < -0.4 is 20.9 Å². The monoisotopic (exact) mass is 838 g/mol. The van der Waals surface area contributed by atoms with Crippen molar-refractivity contribution >= 4 is 74.9 Å². The summed E-state index contributed by atoms with van der Waals surface area (Å²) in [4.78, 5) is 75.4. The third-order valence-electron chi connectivity index (χ3n) is 10.8. The summed E-state index contributed by atoms with van der Waals surface area (Å²) < 4.78 is 12.4. The van der Waals surface area contributed by atoms with Crippen LogP contribution >= 0.6 is 11.6 Å². The first-order valence-electron chi connectivity index (χ1n) is 19.7. The summed E-state index contributed by atoms with van der Waals surface area (Å²) >= 11 is 6.26. The number of hydrogen-bond acceptors (Lipinski definition) is 11. The number of ether oxygens (including phenoxy) is 2. The van der Waals surface area contributed by atoms with E-state index in [1.807, 2.05) is 0 Å². The van der Waals surface area contributed by atoms with Gasteiger partial charge in [-0.25, -0.2) is 4.79 Å². The van der Waals surface area contributed by atoms with Gasteiger partial charge in [0.25, 0.3) is 0 Å². The van der Waals surface area contributed by atoms with E-state index in [4.69, 9.17) is 21.1 Å². The first-order valence-corrected chi connectivity index (χ1v) is 20.1. The number of benzene rings is 3. The Bertz CT molecular complexity index is 2420. The number of halogens is 1. The van der Waals surface area contributed by atoms with Crippen LogP contribution in [0.4, 0.5) is 22.7 Å². The lowest BCUT2D eigenvalue weighted by Crippen LogP contribution is -2.54. The maximum atomic E-state index is 14.2. The van der Waals surface area contributed by atoms with E-state index in [-0.39, 0.29) is 46.7 Å². The molecular weight excluding hydrogens is 792 g/mol. The average Bonchev–Trinajstić information content (AvgIpc) is 3.92. The molecule has 60 heavy (non-hydrogen) atoms. The van der Waals surface area contributed by atoms with E-state index in [9.17, 15) is 24.0 Å². The Kier molecular flexibility index (Phi) is 12.3. The minimum atomic E-state index is -1.06. The molecule has 4 amide bonds.